The third-order valence-electron chi connectivity index (χ3n) is 2.29. The second kappa shape index (κ2) is 6.70. The van der Waals surface area contributed by atoms with Crippen LogP contribution in [0, 0.1) is 0 Å². The van der Waals surface area contributed by atoms with Crippen LogP contribution in [0.25, 0.3) is 0 Å². The molecule has 0 saturated heterocycles. The molecule has 0 aliphatic rings. The Labute approximate surface area is 102 Å². The molecule has 1 heterocycles. The van der Waals surface area contributed by atoms with Crippen LogP contribution in [0.15, 0.2) is 12.4 Å². The largest absolute Gasteiger partial charge is 0.349 e. The lowest BCUT2D eigenvalue weighted by molar-refractivity contribution is 0.453. The standard InChI is InChI=1S/C9H19N5O2S/c1-14(8-2-4-10)17(15,16)13-5-3-9-11-6-7-12-9/h6-7,13H,2-5,8,10H2,1H3,(H,11,12). The van der Waals surface area contributed by atoms with E-state index in [4.69, 9.17) is 5.73 Å². The van der Waals surface area contributed by atoms with Gasteiger partial charge in [-0.1, -0.05) is 0 Å². The molecule has 17 heavy (non-hydrogen) atoms. The Morgan fingerprint density at radius 3 is 2.94 bits per heavy atom. The normalized spacial score (nSPS) is 12.2. The van der Waals surface area contributed by atoms with Crippen LogP contribution in [0.5, 0.6) is 0 Å². The van der Waals surface area contributed by atoms with E-state index >= 15 is 0 Å². The van der Waals surface area contributed by atoms with Gasteiger partial charge in [0.1, 0.15) is 5.82 Å². The van der Waals surface area contributed by atoms with Crippen molar-refractivity contribution < 1.29 is 8.42 Å². The van der Waals surface area contributed by atoms with Gasteiger partial charge in [0.25, 0.3) is 10.2 Å². The second-order valence-corrected chi connectivity index (χ2v) is 5.51. The number of hydrogen-bond acceptors (Lipinski definition) is 4. The summed E-state index contributed by atoms with van der Waals surface area (Å²) in [5.74, 6) is 0.761. The van der Waals surface area contributed by atoms with Crippen molar-refractivity contribution >= 4 is 10.2 Å². The average molecular weight is 261 g/mol. The first-order chi connectivity index (χ1) is 8.06. The van der Waals surface area contributed by atoms with Gasteiger partial charge in [-0.15, -0.1) is 0 Å². The van der Waals surface area contributed by atoms with E-state index in [1.54, 1.807) is 12.4 Å². The summed E-state index contributed by atoms with van der Waals surface area (Å²) in [6.07, 6.45) is 4.53. The predicted molar refractivity (Wildman–Crippen MR) is 65.5 cm³/mol. The number of nitrogens with one attached hydrogen (secondary N) is 2. The minimum atomic E-state index is -3.40. The molecule has 0 amide bonds. The van der Waals surface area contributed by atoms with Gasteiger partial charge in [-0.25, -0.2) is 9.71 Å². The SMILES string of the molecule is CN(CCCN)S(=O)(=O)NCCc1ncc[nH]1. The summed E-state index contributed by atoms with van der Waals surface area (Å²) in [5.41, 5.74) is 5.33. The van der Waals surface area contributed by atoms with Crippen LogP contribution in [-0.2, 0) is 16.6 Å². The number of H-pyrrole nitrogens is 1. The average Bonchev–Trinajstić information content (AvgIpc) is 2.78. The number of rotatable bonds is 8. The van der Waals surface area contributed by atoms with Crippen molar-refractivity contribution in [3.8, 4) is 0 Å². The molecule has 1 aromatic rings. The first kappa shape index (κ1) is 14.1. The zero-order chi connectivity index (χ0) is 12.7. The minimum absolute atomic E-state index is 0.322. The van der Waals surface area contributed by atoms with E-state index in [2.05, 4.69) is 14.7 Å². The fourth-order valence-corrected chi connectivity index (χ4v) is 2.23. The molecule has 0 saturated carbocycles. The zero-order valence-corrected chi connectivity index (χ0v) is 10.7. The highest BCUT2D eigenvalue weighted by atomic mass is 32.2. The molecule has 7 nitrogen and oxygen atoms in total. The summed E-state index contributed by atoms with van der Waals surface area (Å²) >= 11 is 0. The van der Waals surface area contributed by atoms with Gasteiger partial charge in [-0.2, -0.15) is 12.7 Å². The van der Waals surface area contributed by atoms with Gasteiger partial charge >= 0.3 is 0 Å². The van der Waals surface area contributed by atoms with Gasteiger partial charge in [0, 0.05) is 39.0 Å². The Bertz CT molecular complexity index is 403. The number of nitrogens with zero attached hydrogens (tertiary/aromatic N) is 2. The highest BCUT2D eigenvalue weighted by molar-refractivity contribution is 7.87. The molecule has 0 aliphatic heterocycles. The van der Waals surface area contributed by atoms with Crippen LogP contribution >= 0.6 is 0 Å². The highest BCUT2D eigenvalue weighted by Crippen LogP contribution is 1.96. The minimum Gasteiger partial charge on any atom is -0.349 e. The van der Waals surface area contributed by atoms with Crippen molar-refractivity contribution in [2.24, 2.45) is 5.73 Å². The molecule has 0 bridgehead atoms. The van der Waals surface area contributed by atoms with E-state index < -0.39 is 10.2 Å². The van der Waals surface area contributed by atoms with Gasteiger partial charge in [0.05, 0.1) is 0 Å². The Morgan fingerprint density at radius 2 is 2.35 bits per heavy atom. The van der Waals surface area contributed by atoms with Crippen LogP contribution in [-0.4, -0.2) is 49.4 Å². The molecule has 0 fully saturated rings. The molecule has 0 aromatic carbocycles. The van der Waals surface area contributed by atoms with E-state index in [9.17, 15) is 8.42 Å². The molecule has 0 unspecified atom stereocenters. The molecule has 0 radical (unpaired) electrons. The summed E-state index contributed by atoms with van der Waals surface area (Å²) in [7, 11) is -1.87. The van der Waals surface area contributed by atoms with Gasteiger partial charge in [-0.3, -0.25) is 0 Å². The molecule has 98 valence electrons. The predicted octanol–water partition coefficient (Wildman–Crippen LogP) is -0.933. The fraction of sp³-hybridized carbons (Fsp3) is 0.667. The molecule has 8 heteroatoms. The maximum absolute atomic E-state index is 11.7. The Hall–Kier alpha value is -0.960. The highest BCUT2D eigenvalue weighted by Gasteiger charge is 2.15. The first-order valence-corrected chi connectivity index (χ1v) is 6.89. The third-order valence-corrected chi connectivity index (χ3v) is 3.86. The van der Waals surface area contributed by atoms with E-state index in [0.29, 0.717) is 32.5 Å². The lowest BCUT2D eigenvalue weighted by atomic mass is 10.4. The summed E-state index contributed by atoms with van der Waals surface area (Å²) in [6, 6.07) is 0. The van der Waals surface area contributed by atoms with Crippen molar-refractivity contribution in [2.45, 2.75) is 12.8 Å². The monoisotopic (exact) mass is 261 g/mol. The smallest absolute Gasteiger partial charge is 0.279 e. The van der Waals surface area contributed by atoms with Crippen molar-refractivity contribution in [1.29, 1.82) is 0 Å². The van der Waals surface area contributed by atoms with Crippen molar-refractivity contribution in [3.63, 3.8) is 0 Å². The number of imidazole rings is 1. The molecule has 1 aromatic heterocycles. The van der Waals surface area contributed by atoms with E-state index in [-0.39, 0.29) is 0 Å². The van der Waals surface area contributed by atoms with Crippen molar-refractivity contribution in [1.82, 2.24) is 19.0 Å². The van der Waals surface area contributed by atoms with Crippen LogP contribution in [0.3, 0.4) is 0 Å². The van der Waals surface area contributed by atoms with Crippen LogP contribution < -0.4 is 10.5 Å². The van der Waals surface area contributed by atoms with E-state index in [1.165, 1.54) is 11.4 Å². The van der Waals surface area contributed by atoms with E-state index in [1.807, 2.05) is 0 Å². The Balaban J connectivity index is 2.33. The first-order valence-electron chi connectivity index (χ1n) is 5.45. The number of aromatic amines is 1. The summed E-state index contributed by atoms with van der Waals surface area (Å²) < 4.78 is 27.2. The van der Waals surface area contributed by atoms with Gasteiger partial charge in [-0.05, 0) is 13.0 Å². The van der Waals surface area contributed by atoms with Crippen molar-refractivity contribution in [2.75, 3.05) is 26.7 Å². The summed E-state index contributed by atoms with van der Waals surface area (Å²) in [4.78, 5) is 6.92. The Morgan fingerprint density at radius 1 is 1.59 bits per heavy atom. The summed E-state index contributed by atoms with van der Waals surface area (Å²) in [6.45, 7) is 1.22. The maximum Gasteiger partial charge on any atom is 0.279 e. The topological polar surface area (TPSA) is 104 Å². The molecule has 1 rings (SSSR count). The number of hydrogen-bond donors (Lipinski definition) is 3. The molecular weight excluding hydrogens is 242 g/mol. The molecule has 0 atom stereocenters. The summed E-state index contributed by atoms with van der Waals surface area (Å²) in [5, 5.41) is 0. The lowest BCUT2D eigenvalue weighted by Crippen LogP contribution is -2.40. The molecular formula is C9H19N5O2S. The molecule has 0 aliphatic carbocycles. The lowest BCUT2D eigenvalue weighted by Gasteiger charge is -2.16. The van der Waals surface area contributed by atoms with Gasteiger partial charge < -0.3 is 10.7 Å². The third kappa shape index (κ3) is 4.82. The molecule has 0 spiro atoms. The van der Waals surface area contributed by atoms with E-state index in [0.717, 1.165) is 5.82 Å². The molecule has 4 N–H and O–H groups in total. The number of nitrogens with two attached hydrogens (primary N) is 1. The van der Waals surface area contributed by atoms with Crippen LogP contribution in [0.4, 0.5) is 0 Å². The van der Waals surface area contributed by atoms with Crippen LogP contribution in [0.1, 0.15) is 12.2 Å². The number of aromatic nitrogens is 2. The quantitative estimate of drug-likeness (QED) is 0.562. The maximum atomic E-state index is 11.7. The Kier molecular flexibility index (Phi) is 5.56. The van der Waals surface area contributed by atoms with Crippen molar-refractivity contribution in [3.05, 3.63) is 18.2 Å². The fourth-order valence-electron chi connectivity index (χ4n) is 1.28. The second-order valence-electron chi connectivity index (χ2n) is 3.65. The van der Waals surface area contributed by atoms with Crippen LogP contribution in [0.2, 0.25) is 0 Å². The van der Waals surface area contributed by atoms with Gasteiger partial charge in [0.15, 0.2) is 0 Å². The zero-order valence-electron chi connectivity index (χ0n) is 9.89. The van der Waals surface area contributed by atoms with Gasteiger partial charge in [0.2, 0.25) is 0 Å².